The highest BCUT2D eigenvalue weighted by Gasteiger charge is 2.33. The second-order valence-corrected chi connectivity index (χ2v) is 10.1. The number of rotatable bonds is 7. The minimum absolute atomic E-state index is 0.160. The summed E-state index contributed by atoms with van der Waals surface area (Å²) < 4.78 is 13.5. The van der Waals surface area contributed by atoms with Crippen LogP contribution in [-0.4, -0.2) is 33.9 Å². The average Bonchev–Trinajstić information content (AvgIpc) is 3.57. The van der Waals surface area contributed by atoms with E-state index < -0.39 is 0 Å². The maximum Gasteiger partial charge on any atom is 0.225 e. The lowest BCUT2D eigenvalue weighted by Gasteiger charge is -2.20. The molecule has 1 N–H and O–H groups in total. The zero-order chi connectivity index (χ0) is 24.2. The summed E-state index contributed by atoms with van der Waals surface area (Å²) in [4.78, 5) is 24.1. The molecule has 35 heavy (non-hydrogen) atoms. The molecule has 7 heteroatoms. The van der Waals surface area contributed by atoms with Gasteiger partial charge in [-0.15, -0.1) is 0 Å². The van der Waals surface area contributed by atoms with Crippen LogP contribution in [0.15, 0.2) is 54.7 Å². The first-order valence-electron chi connectivity index (χ1n) is 12.4. The van der Waals surface area contributed by atoms with Crippen LogP contribution in [0.5, 0.6) is 0 Å². The number of benzene rings is 1. The molecule has 1 amide bonds. The van der Waals surface area contributed by atoms with Gasteiger partial charge in [-0.2, -0.15) is 0 Å². The predicted octanol–water partition coefficient (Wildman–Crippen LogP) is 6.13. The zero-order valence-corrected chi connectivity index (χ0v) is 20.5. The van der Waals surface area contributed by atoms with Gasteiger partial charge in [0.25, 0.3) is 0 Å². The summed E-state index contributed by atoms with van der Waals surface area (Å²) in [6.07, 6.45) is 7.77. The normalized spacial score (nSPS) is 19.8. The van der Waals surface area contributed by atoms with Crippen LogP contribution in [0.3, 0.4) is 0 Å². The Morgan fingerprint density at radius 2 is 1.94 bits per heavy atom. The summed E-state index contributed by atoms with van der Waals surface area (Å²) in [5, 5.41) is 3.81. The van der Waals surface area contributed by atoms with E-state index in [4.69, 9.17) is 16.6 Å². The minimum Gasteiger partial charge on any atom is -0.366 e. The molecule has 5 rings (SSSR count). The largest absolute Gasteiger partial charge is 0.366 e. The molecule has 0 bridgehead atoms. The van der Waals surface area contributed by atoms with E-state index in [1.54, 1.807) is 12.3 Å². The van der Waals surface area contributed by atoms with Gasteiger partial charge < -0.3 is 10.2 Å². The van der Waals surface area contributed by atoms with Crippen LogP contribution < -0.4 is 5.32 Å². The van der Waals surface area contributed by atoms with Crippen molar-refractivity contribution in [2.45, 2.75) is 45.1 Å². The molecule has 182 valence electrons. The molecule has 1 aromatic carbocycles. The Hall–Kier alpha value is -2.99. The summed E-state index contributed by atoms with van der Waals surface area (Å²) in [5.41, 5.74) is 3.42. The smallest absolute Gasteiger partial charge is 0.225 e. The molecule has 1 saturated heterocycles. The Labute approximate surface area is 210 Å². The monoisotopic (exact) mass is 492 g/mol. The summed E-state index contributed by atoms with van der Waals surface area (Å²) in [7, 11) is 0. The van der Waals surface area contributed by atoms with Gasteiger partial charge in [0.05, 0.1) is 10.7 Å². The van der Waals surface area contributed by atoms with E-state index in [9.17, 15) is 9.18 Å². The minimum atomic E-state index is -0.254. The predicted molar refractivity (Wildman–Crippen MR) is 137 cm³/mol. The molecule has 2 aromatic heterocycles. The quantitative estimate of drug-likeness (QED) is 0.431. The van der Waals surface area contributed by atoms with Crippen molar-refractivity contribution in [1.29, 1.82) is 0 Å². The number of carbonyl (C=O) groups excluding carboxylic acids is 1. The molecule has 2 aliphatic rings. The lowest BCUT2D eigenvalue weighted by molar-refractivity contribution is -0.134. The number of pyridine rings is 2. The van der Waals surface area contributed by atoms with Gasteiger partial charge in [-0.05, 0) is 80.3 Å². The number of carbonyl (C=O) groups is 1. The number of anilines is 1. The van der Waals surface area contributed by atoms with Crippen molar-refractivity contribution in [1.82, 2.24) is 14.9 Å². The highest BCUT2D eigenvalue weighted by atomic mass is 35.5. The summed E-state index contributed by atoms with van der Waals surface area (Å²) in [6, 6.07) is 14.3. The Morgan fingerprint density at radius 1 is 1.11 bits per heavy atom. The zero-order valence-electron chi connectivity index (χ0n) is 19.7. The van der Waals surface area contributed by atoms with Crippen molar-refractivity contribution in [2.24, 2.45) is 11.8 Å². The fourth-order valence-electron chi connectivity index (χ4n) is 5.29. The van der Waals surface area contributed by atoms with Crippen molar-refractivity contribution in [3.63, 3.8) is 0 Å². The van der Waals surface area contributed by atoms with E-state index in [1.165, 1.54) is 12.1 Å². The Morgan fingerprint density at radius 3 is 2.77 bits per heavy atom. The first-order valence-corrected chi connectivity index (χ1v) is 12.8. The molecule has 2 fully saturated rings. The Bertz CT molecular complexity index is 1200. The van der Waals surface area contributed by atoms with Crippen LogP contribution in [0.1, 0.15) is 43.4 Å². The van der Waals surface area contributed by atoms with Crippen LogP contribution in [-0.2, 0) is 17.8 Å². The average molecular weight is 493 g/mol. The van der Waals surface area contributed by atoms with Gasteiger partial charge in [0.1, 0.15) is 11.6 Å². The van der Waals surface area contributed by atoms with Gasteiger partial charge in [0.2, 0.25) is 5.91 Å². The molecule has 1 saturated carbocycles. The van der Waals surface area contributed by atoms with Gasteiger partial charge in [0, 0.05) is 43.0 Å². The van der Waals surface area contributed by atoms with Gasteiger partial charge in [-0.1, -0.05) is 29.8 Å². The van der Waals surface area contributed by atoms with Crippen molar-refractivity contribution < 1.29 is 9.18 Å². The second-order valence-electron chi connectivity index (χ2n) is 9.66. The van der Waals surface area contributed by atoms with Gasteiger partial charge in [-0.25, -0.2) is 9.37 Å². The highest BCUT2D eigenvalue weighted by molar-refractivity contribution is 6.33. The molecule has 0 spiro atoms. The maximum atomic E-state index is 13.5. The number of likely N-dealkylation sites (tertiary alicyclic amines) is 1. The fourth-order valence-corrected chi connectivity index (χ4v) is 5.49. The van der Waals surface area contributed by atoms with Crippen LogP contribution >= 0.6 is 11.6 Å². The third kappa shape index (κ3) is 5.81. The molecule has 3 heterocycles. The summed E-state index contributed by atoms with van der Waals surface area (Å²) in [6.45, 7) is 2.32. The maximum absolute atomic E-state index is 13.5. The Balaban J connectivity index is 1.25. The van der Waals surface area contributed by atoms with Gasteiger partial charge >= 0.3 is 0 Å². The van der Waals surface area contributed by atoms with Crippen LogP contribution in [0.4, 0.5) is 10.2 Å². The van der Waals surface area contributed by atoms with Crippen molar-refractivity contribution in [3.8, 4) is 11.3 Å². The molecule has 1 aliphatic heterocycles. The third-order valence-electron chi connectivity index (χ3n) is 7.11. The molecule has 1 aliphatic carbocycles. The molecular formula is C28H30ClFN4O. The lowest BCUT2D eigenvalue weighted by Crippen LogP contribution is -2.32. The van der Waals surface area contributed by atoms with E-state index in [2.05, 4.69) is 10.3 Å². The van der Waals surface area contributed by atoms with Crippen LogP contribution in [0, 0.1) is 17.7 Å². The first kappa shape index (κ1) is 23.7. The summed E-state index contributed by atoms with van der Waals surface area (Å²) in [5.74, 6) is 1.41. The first-order chi connectivity index (χ1) is 17.0. The van der Waals surface area contributed by atoms with Crippen molar-refractivity contribution in [3.05, 3.63) is 76.8 Å². The van der Waals surface area contributed by atoms with Gasteiger partial charge in [-0.3, -0.25) is 9.78 Å². The van der Waals surface area contributed by atoms with Gasteiger partial charge in [0.15, 0.2) is 0 Å². The van der Waals surface area contributed by atoms with E-state index in [0.29, 0.717) is 29.2 Å². The van der Waals surface area contributed by atoms with E-state index in [-0.39, 0.29) is 11.7 Å². The van der Waals surface area contributed by atoms with Crippen molar-refractivity contribution >= 4 is 23.3 Å². The molecular weight excluding hydrogens is 463 g/mol. The molecule has 5 nitrogen and oxygen atoms in total. The third-order valence-corrected chi connectivity index (χ3v) is 7.41. The van der Waals surface area contributed by atoms with Crippen molar-refractivity contribution in [2.75, 3.05) is 18.4 Å². The van der Waals surface area contributed by atoms with E-state index in [0.717, 1.165) is 74.1 Å². The number of nitrogens with zero attached hydrogens (tertiary/aromatic N) is 3. The molecule has 3 aromatic rings. The number of amides is 1. The van der Waals surface area contributed by atoms with E-state index in [1.807, 2.05) is 35.2 Å². The number of hydrogen-bond donors (Lipinski definition) is 1. The lowest BCUT2D eigenvalue weighted by atomic mass is 9.98. The highest BCUT2D eigenvalue weighted by Crippen LogP contribution is 2.36. The standard InChI is InChI=1S/C28H30ClFN4O/c29-25-18-31-23(15-19-9-10-21(13-19)28(35)34-11-1-2-12-34)16-24(25)26-7-4-8-27(33-26)32-17-20-5-3-6-22(30)14-20/h3-8,14,16,18-19,21H,1-2,9-13,15,17H2,(H,32,33)/t19-,21+/m1/s1. The topological polar surface area (TPSA) is 58.1 Å². The van der Waals surface area contributed by atoms with Crippen LogP contribution in [0.25, 0.3) is 11.3 Å². The second kappa shape index (κ2) is 10.7. The number of hydrogen-bond acceptors (Lipinski definition) is 4. The number of halogens is 2. The van der Waals surface area contributed by atoms with Crippen LogP contribution in [0.2, 0.25) is 5.02 Å². The van der Waals surface area contributed by atoms with E-state index >= 15 is 0 Å². The molecule has 2 atom stereocenters. The number of aromatic nitrogens is 2. The number of nitrogens with one attached hydrogen (secondary N) is 1. The molecule has 0 radical (unpaired) electrons. The molecule has 0 unspecified atom stereocenters. The summed E-state index contributed by atoms with van der Waals surface area (Å²) >= 11 is 6.51. The SMILES string of the molecule is O=C([C@H]1CC[C@@H](Cc2cc(-c3cccc(NCc4cccc(F)c4)n3)c(Cl)cn2)C1)N1CCCC1. The Kier molecular flexibility index (Phi) is 7.28. The fraction of sp³-hybridized carbons (Fsp3) is 0.393.